The Kier molecular flexibility index (Phi) is 12.2. The summed E-state index contributed by atoms with van der Waals surface area (Å²) < 4.78 is 16.9. The van der Waals surface area contributed by atoms with Crippen molar-refractivity contribution in [1.82, 2.24) is 0 Å². The van der Waals surface area contributed by atoms with Crippen molar-refractivity contribution in [3.63, 3.8) is 0 Å². The number of esters is 2. The summed E-state index contributed by atoms with van der Waals surface area (Å²) in [6.07, 6.45) is 4.48. The molecule has 2 aliphatic rings. The second-order valence-corrected chi connectivity index (χ2v) is 12.1. The lowest BCUT2D eigenvalue weighted by Crippen LogP contribution is -2.45. The zero-order chi connectivity index (χ0) is 29.5. The minimum absolute atomic E-state index is 0.119. The Hall–Kier alpha value is -1.78. The Morgan fingerprint density at radius 2 is 1.95 bits per heavy atom. The van der Waals surface area contributed by atoms with Gasteiger partial charge in [-0.15, -0.1) is 0 Å². The van der Waals surface area contributed by atoms with Crippen molar-refractivity contribution in [3.05, 3.63) is 23.8 Å². The van der Waals surface area contributed by atoms with Crippen LogP contribution in [0.2, 0.25) is 0 Å². The molecule has 0 bridgehead atoms. The molecule has 2 heterocycles. The summed E-state index contributed by atoms with van der Waals surface area (Å²) in [6.45, 7) is 12.2. The van der Waals surface area contributed by atoms with Gasteiger partial charge in [0.15, 0.2) is 0 Å². The quantitative estimate of drug-likeness (QED) is 0.191. The van der Waals surface area contributed by atoms with Crippen molar-refractivity contribution in [2.45, 2.75) is 141 Å². The summed E-state index contributed by atoms with van der Waals surface area (Å²) in [5.41, 5.74) is -1.78. The fourth-order valence-corrected chi connectivity index (χ4v) is 5.40. The third-order valence-electron chi connectivity index (χ3n) is 8.12. The molecule has 0 spiro atoms. The molecular formula is C30H50O9. The third kappa shape index (κ3) is 9.97. The van der Waals surface area contributed by atoms with Gasteiger partial charge in [0, 0.05) is 6.92 Å². The highest BCUT2D eigenvalue weighted by Gasteiger charge is 2.54. The van der Waals surface area contributed by atoms with E-state index in [1.165, 1.54) is 6.92 Å². The van der Waals surface area contributed by atoms with Gasteiger partial charge in [-0.3, -0.25) is 9.59 Å². The molecule has 0 aromatic heterocycles. The van der Waals surface area contributed by atoms with Crippen molar-refractivity contribution in [2.24, 2.45) is 11.8 Å². The molecule has 9 heteroatoms. The molecule has 0 aromatic carbocycles. The second-order valence-electron chi connectivity index (χ2n) is 12.1. The van der Waals surface area contributed by atoms with Gasteiger partial charge >= 0.3 is 11.9 Å². The molecule has 2 aliphatic heterocycles. The van der Waals surface area contributed by atoms with Crippen LogP contribution in [0.3, 0.4) is 0 Å². The number of epoxide rings is 1. The maximum absolute atomic E-state index is 12.6. The number of allylic oxidation sites excluding steroid dienone is 3. The highest BCUT2D eigenvalue weighted by Crippen LogP contribution is 2.39. The molecule has 0 aliphatic carbocycles. The smallest absolute Gasteiger partial charge is 0.309 e. The summed E-state index contributed by atoms with van der Waals surface area (Å²) in [5.74, 6) is -0.961. The molecule has 2 fully saturated rings. The van der Waals surface area contributed by atoms with Crippen LogP contribution in [-0.4, -0.2) is 80.2 Å². The van der Waals surface area contributed by atoms with Gasteiger partial charge in [0.25, 0.3) is 0 Å². The van der Waals surface area contributed by atoms with E-state index in [0.717, 1.165) is 5.57 Å². The van der Waals surface area contributed by atoms with Crippen molar-refractivity contribution in [1.29, 1.82) is 0 Å². The standard InChI is InChI=1S/C30H50O9/c1-8-24(33)30(7,36)28-23(38-28)16-18(2)10-9-11-19(3)27-20(4)12-13-25(37-21(5)31)29(6,35)15-14-22(32)17-26(34)39-27/h9-11,18,20,22-25,27-28,32-33,35-36H,8,12-17H2,1-7H3/b10-9+,19-11+/t18-,20+,22-,23-,24+,25+,27-,28+,29-,30+/m1/s1. The van der Waals surface area contributed by atoms with Crippen molar-refractivity contribution < 1.29 is 44.2 Å². The molecule has 224 valence electrons. The van der Waals surface area contributed by atoms with Crippen LogP contribution in [0.1, 0.15) is 93.4 Å². The van der Waals surface area contributed by atoms with Gasteiger partial charge in [-0.1, -0.05) is 39.0 Å². The Balaban J connectivity index is 2.08. The number of carbonyl (C=O) groups is 2. The summed E-state index contributed by atoms with van der Waals surface area (Å²) >= 11 is 0. The van der Waals surface area contributed by atoms with E-state index in [9.17, 15) is 30.0 Å². The van der Waals surface area contributed by atoms with E-state index in [1.807, 2.05) is 45.9 Å². The van der Waals surface area contributed by atoms with Gasteiger partial charge < -0.3 is 34.6 Å². The number of rotatable bonds is 9. The van der Waals surface area contributed by atoms with E-state index in [-0.39, 0.29) is 43.3 Å². The van der Waals surface area contributed by atoms with Crippen molar-refractivity contribution in [3.8, 4) is 0 Å². The van der Waals surface area contributed by atoms with Gasteiger partial charge in [0.1, 0.15) is 23.9 Å². The second kappa shape index (κ2) is 14.2. The molecule has 0 saturated carbocycles. The van der Waals surface area contributed by atoms with Crippen LogP contribution in [0.4, 0.5) is 0 Å². The van der Waals surface area contributed by atoms with Crippen molar-refractivity contribution in [2.75, 3.05) is 0 Å². The highest BCUT2D eigenvalue weighted by molar-refractivity contribution is 5.70. The maximum Gasteiger partial charge on any atom is 0.309 e. The van der Waals surface area contributed by atoms with Gasteiger partial charge in [-0.05, 0) is 76.7 Å². The first-order valence-corrected chi connectivity index (χ1v) is 14.3. The molecule has 9 nitrogen and oxygen atoms in total. The van der Waals surface area contributed by atoms with Gasteiger partial charge in [-0.2, -0.15) is 0 Å². The fraction of sp³-hybridized carbons (Fsp3) is 0.800. The molecule has 4 N–H and O–H groups in total. The van der Waals surface area contributed by atoms with Crippen LogP contribution in [0, 0.1) is 11.8 Å². The zero-order valence-corrected chi connectivity index (χ0v) is 24.6. The van der Waals surface area contributed by atoms with Crippen LogP contribution in [0.15, 0.2) is 23.8 Å². The molecule has 0 aromatic rings. The molecule has 10 atom stereocenters. The molecule has 0 amide bonds. The Morgan fingerprint density at radius 1 is 1.28 bits per heavy atom. The number of ether oxygens (including phenoxy) is 3. The molecule has 2 saturated heterocycles. The van der Waals surface area contributed by atoms with Crippen LogP contribution < -0.4 is 0 Å². The number of carbonyl (C=O) groups excluding carboxylic acids is 2. The minimum Gasteiger partial charge on any atom is -0.460 e. The van der Waals surface area contributed by atoms with Gasteiger partial charge in [0.05, 0.1) is 30.3 Å². The molecule has 0 unspecified atom stereocenters. The lowest BCUT2D eigenvalue weighted by atomic mass is 9.84. The van der Waals surface area contributed by atoms with Crippen LogP contribution in [0.5, 0.6) is 0 Å². The first kappa shape index (κ1) is 33.4. The SMILES string of the molecule is CC[C@H](O)[C@](C)(O)[C@H]1O[C@@H]1C[C@H](C)/C=C/C=C(\C)[C@H]1OC(=O)C[C@H](O)CC[C@@](C)(O)[C@@H](OC(C)=O)CC[C@@H]1C. The van der Waals surface area contributed by atoms with E-state index in [0.29, 0.717) is 25.7 Å². The van der Waals surface area contributed by atoms with E-state index in [2.05, 4.69) is 0 Å². The number of aliphatic hydroxyl groups excluding tert-OH is 2. The number of aliphatic hydroxyl groups is 4. The van der Waals surface area contributed by atoms with E-state index >= 15 is 0 Å². The monoisotopic (exact) mass is 554 g/mol. The Labute approximate surface area is 233 Å². The highest BCUT2D eigenvalue weighted by atomic mass is 16.6. The summed E-state index contributed by atoms with van der Waals surface area (Å²) in [6, 6.07) is 0. The fourth-order valence-electron chi connectivity index (χ4n) is 5.40. The first-order chi connectivity index (χ1) is 18.1. The number of cyclic esters (lactones) is 1. The van der Waals surface area contributed by atoms with Crippen molar-refractivity contribution >= 4 is 11.9 Å². The van der Waals surface area contributed by atoms with Gasteiger partial charge in [0.2, 0.25) is 0 Å². The molecule has 0 radical (unpaired) electrons. The molecule has 2 rings (SSSR count). The summed E-state index contributed by atoms with van der Waals surface area (Å²) in [5, 5.41) is 42.0. The Bertz CT molecular complexity index is 878. The van der Waals surface area contributed by atoms with Crippen LogP contribution in [0.25, 0.3) is 0 Å². The minimum atomic E-state index is -1.33. The van der Waals surface area contributed by atoms with E-state index in [4.69, 9.17) is 14.2 Å². The summed E-state index contributed by atoms with van der Waals surface area (Å²) in [4.78, 5) is 24.3. The largest absolute Gasteiger partial charge is 0.460 e. The lowest BCUT2D eigenvalue weighted by Gasteiger charge is -2.35. The third-order valence-corrected chi connectivity index (χ3v) is 8.12. The zero-order valence-electron chi connectivity index (χ0n) is 24.6. The number of hydrogen-bond donors (Lipinski definition) is 4. The number of hydrogen-bond acceptors (Lipinski definition) is 9. The normalized spacial score (nSPS) is 36.2. The predicted octanol–water partition coefficient (Wildman–Crippen LogP) is 3.36. The topological polar surface area (TPSA) is 146 Å². The predicted molar refractivity (Wildman–Crippen MR) is 147 cm³/mol. The van der Waals surface area contributed by atoms with Crippen LogP contribution >= 0.6 is 0 Å². The van der Waals surface area contributed by atoms with E-state index in [1.54, 1.807) is 13.8 Å². The maximum atomic E-state index is 12.6. The average Bonchev–Trinajstić information content (AvgIpc) is 3.62. The Morgan fingerprint density at radius 3 is 2.56 bits per heavy atom. The van der Waals surface area contributed by atoms with Crippen LogP contribution in [-0.2, 0) is 23.8 Å². The summed E-state index contributed by atoms with van der Waals surface area (Å²) in [7, 11) is 0. The lowest BCUT2D eigenvalue weighted by molar-refractivity contribution is -0.165. The van der Waals surface area contributed by atoms with Gasteiger partial charge in [-0.25, -0.2) is 0 Å². The average molecular weight is 555 g/mol. The van der Waals surface area contributed by atoms with E-state index < -0.39 is 47.6 Å². The molecule has 39 heavy (non-hydrogen) atoms. The molecular weight excluding hydrogens is 504 g/mol. The first-order valence-electron chi connectivity index (χ1n) is 14.3.